The van der Waals surface area contributed by atoms with Gasteiger partial charge in [-0.2, -0.15) is 0 Å². The Hall–Kier alpha value is -2.93. The Morgan fingerprint density at radius 1 is 1.22 bits per heavy atom. The van der Waals surface area contributed by atoms with Crippen LogP contribution in [0.4, 0.5) is 0 Å². The van der Waals surface area contributed by atoms with Gasteiger partial charge in [-0.15, -0.1) is 11.3 Å². The van der Waals surface area contributed by atoms with Crippen molar-refractivity contribution in [2.45, 2.75) is 32.3 Å². The van der Waals surface area contributed by atoms with Crippen LogP contribution in [0.25, 0.3) is 15.9 Å². The van der Waals surface area contributed by atoms with Gasteiger partial charge in [-0.25, -0.2) is 9.78 Å². The smallest absolute Gasteiger partial charge is 0.355 e. The topological polar surface area (TPSA) is 76.5 Å². The number of ether oxygens (including phenoxy) is 1. The van der Waals surface area contributed by atoms with Crippen LogP contribution >= 0.6 is 11.3 Å². The molecule has 0 spiro atoms. The van der Waals surface area contributed by atoms with Crippen molar-refractivity contribution >= 4 is 33.2 Å². The molecule has 1 aromatic carbocycles. The number of hydrogen-bond donors (Lipinski definition) is 1. The quantitative estimate of drug-likeness (QED) is 0.553. The Morgan fingerprint density at radius 2 is 2.07 bits per heavy atom. The molecule has 1 aliphatic rings. The zero-order valence-corrected chi connectivity index (χ0v) is 15.3. The molecule has 0 aliphatic heterocycles. The molecule has 136 valence electrons. The Labute approximate surface area is 158 Å². The van der Waals surface area contributed by atoms with Gasteiger partial charge in [-0.1, -0.05) is 18.2 Å². The molecule has 0 radical (unpaired) electrons. The molecular weight excluding hydrogens is 362 g/mol. The molecule has 0 atom stereocenters. The van der Waals surface area contributed by atoms with Crippen molar-refractivity contribution in [1.82, 2.24) is 14.4 Å². The second-order valence-electron chi connectivity index (χ2n) is 6.73. The van der Waals surface area contributed by atoms with Crippen molar-refractivity contribution in [1.29, 1.82) is 0 Å². The molecule has 3 heterocycles. The third-order valence-electron chi connectivity index (χ3n) is 4.92. The van der Waals surface area contributed by atoms with Gasteiger partial charge in [0.05, 0.1) is 5.69 Å². The van der Waals surface area contributed by atoms with E-state index < -0.39 is 5.97 Å². The maximum atomic E-state index is 12.5. The number of benzene rings is 1. The fourth-order valence-electron chi connectivity index (χ4n) is 3.62. The summed E-state index contributed by atoms with van der Waals surface area (Å²) in [6.07, 6.45) is 4.19. The zero-order valence-electron chi connectivity index (χ0n) is 14.5. The van der Waals surface area contributed by atoms with E-state index in [2.05, 4.69) is 9.97 Å². The van der Waals surface area contributed by atoms with Crippen LogP contribution in [0.2, 0.25) is 0 Å². The molecule has 27 heavy (non-hydrogen) atoms. The largest absolute Gasteiger partial charge is 0.455 e. The van der Waals surface area contributed by atoms with Crippen molar-refractivity contribution in [3.8, 4) is 0 Å². The highest BCUT2D eigenvalue weighted by Gasteiger charge is 2.19. The van der Waals surface area contributed by atoms with E-state index in [1.807, 2.05) is 24.3 Å². The lowest BCUT2D eigenvalue weighted by Gasteiger charge is -2.10. The number of carbonyl (C=O) groups excluding carboxylic acids is 1. The van der Waals surface area contributed by atoms with E-state index in [9.17, 15) is 9.59 Å². The average Bonchev–Trinajstić information content (AvgIpc) is 3.27. The molecule has 0 saturated heterocycles. The van der Waals surface area contributed by atoms with Crippen LogP contribution in [0.5, 0.6) is 0 Å². The molecular formula is C20H17N3O3S. The lowest BCUT2D eigenvalue weighted by molar-refractivity contribution is 0.0462. The first-order valence-corrected chi connectivity index (χ1v) is 9.79. The summed E-state index contributed by atoms with van der Waals surface area (Å²) in [6, 6.07) is 10.9. The summed E-state index contributed by atoms with van der Waals surface area (Å²) in [6.45, 7) is -0.0253. The molecule has 0 amide bonds. The molecule has 5 rings (SSSR count). The van der Waals surface area contributed by atoms with Gasteiger partial charge >= 0.3 is 5.97 Å². The molecule has 0 fully saturated rings. The lowest BCUT2D eigenvalue weighted by Crippen LogP contribution is -2.18. The minimum absolute atomic E-state index is 0.0253. The summed E-state index contributed by atoms with van der Waals surface area (Å²) >= 11 is 1.57. The van der Waals surface area contributed by atoms with Crippen LogP contribution in [0, 0.1) is 0 Å². The van der Waals surface area contributed by atoms with Crippen molar-refractivity contribution in [2.75, 3.05) is 0 Å². The van der Waals surface area contributed by atoms with Gasteiger partial charge < -0.3 is 9.72 Å². The van der Waals surface area contributed by atoms with Crippen LogP contribution in [-0.2, 0) is 24.2 Å². The van der Waals surface area contributed by atoms with Gasteiger partial charge in [0.1, 0.15) is 12.3 Å². The molecule has 6 nitrogen and oxygen atoms in total. The van der Waals surface area contributed by atoms with Crippen molar-refractivity contribution < 1.29 is 9.53 Å². The normalized spacial score (nSPS) is 13.8. The number of thiazole rings is 1. The highest BCUT2D eigenvalue weighted by Crippen LogP contribution is 2.28. The van der Waals surface area contributed by atoms with Crippen molar-refractivity contribution in [3.63, 3.8) is 0 Å². The van der Waals surface area contributed by atoms with Gasteiger partial charge in [-0.05, 0) is 37.8 Å². The average molecular weight is 379 g/mol. The van der Waals surface area contributed by atoms with E-state index in [0.717, 1.165) is 42.3 Å². The van der Waals surface area contributed by atoms with Gasteiger partial charge in [0.15, 0.2) is 4.96 Å². The van der Waals surface area contributed by atoms with Crippen LogP contribution in [0.1, 0.15) is 39.6 Å². The third-order valence-corrected chi connectivity index (χ3v) is 6.06. The summed E-state index contributed by atoms with van der Waals surface area (Å²) in [5, 5.41) is 0.950. The zero-order chi connectivity index (χ0) is 18.4. The second kappa shape index (κ2) is 6.35. The molecule has 3 aromatic heterocycles. The van der Waals surface area contributed by atoms with Crippen LogP contribution in [0.15, 0.2) is 41.2 Å². The number of nitrogens with zero attached hydrogens (tertiary/aromatic N) is 2. The molecule has 1 aliphatic carbocycles. The molecule has 1 N–H and O–H groups in total. The summed E-state index contributed by atoms with van der Waals surface area (Å²) in [5.74, 6) is -0.460. The Morgan fingerprint density at radius 3 is 2.96 bits per heavy atom. The number of H-pyrrole nitrogens is 1. The Bertz CT molecular complexity index is 1200. The number of nitrogens with one attached hydrogen (secondary N) is 1. The van der Waals surface area contributed by atoms with Crippen molar-refractivity contribution in [3.05, 3.63) is 68.7 Å². The van der Waals surface area contributed by atoms with Gasteiger partial charge in [0.2, 0.25) is 0 Å². The Kier molecular flexibility index (Phi) is 3.82. The number of hydrogen-bond acceptors (Lipinski definition) is 5. The summed E-state index contributed by atoms with van der Waals surface area (Å²) in [7, 11) is 0. The predicted octanol–water partition coefficient (Wildman–Crippen LogP) is 3.47. The van der Waals surface area contributed by atoms with Gasteiger partial charge in [0, 0.05) is 27.5 Å². The number of carbonyl (C=O) groups is 1. The first-order chi connectivity index (χ1) is 13.2. The number of esters is 1. The first-order valence-electron chi connectivity index (χ1n) is 8.97. The summed E-state index contributed by atoms with van der Waals surface area (Å²) in [5.41, 5.74) is 2.74. The number of para-hydroxylation sites is 1. The van der Waals surface area contributed by atoms with Crippen LogP contribution in [0.3, 0.4) is 0 Å². The Balaban J connectivity index is 1.39. The molecule has 0 saturated carbocycles. The molecule has 0 bridgehead atoms. The fraction of sp³-hybridized carbons (Fsp3) is 0.250. The number of aryl methyl sites for hydroxylation is 2. The maximum absolute atomic E-state index is 12.5. The highest BCUT2D eigenvalue weighted by molar-refractivity contribution is 7.17. The predicted molar refractivity (Wildman–Crippen MR) is 103 cm³/mol. The SMILES string of the molecule is O=C(OCc1cc(=O)n2c3c(sc2n1)CCCC3)c1cc2ccccc2[nH]1. The summed E-state index contributed by atoms with van der Waals surface area (Å²) < 4.78 is 7.08. The van der Waals surface area contributed by atoms with Crippen LogP contribution in [-0.4, -0.2) is 20.3 Å². The third kappa shape index (κ3) is 2.84. The number of aromatic amines is 1. The molecule has 7 heteroatoms. The fourth-order valence-corrected chi connectivity index (χ4v) is 4.85. The van der Waals surface area contributed by atoms with E-state index in [0.29, 0.717) is 16.3 Å². The van der Waals surface area contributed by atoms with E-state index in [4.69, 9.17) is 4.74 Å². The first kappa shape index (κ1) is 16.3. The van der Waals surface area contributed by atoms with Crippen molar-refractivity contribution in [2.24, 2.45) is 0 Å². The minimum Gasteiger partial charge on any atom is -0.455 e. The number of rotatable bonds is 3. The molecule has 0 unspecified atom stereocenters. The van der Waals surface area contributed by atoms with Gasteiger partial charge in [0.25, 0.3) is 5.56 Å². The lowest BCUT2D eigenvalue weighted by atomic mass is 10.0. The number of fused-ring (bicyclic) bond motifs is 4. The monoisotopic (exact) mass is 379 g/mol. The highest BCUT2D eigenvalue weighted by atomic mass is 32.1. The van der Waals surface area contributed by atoms with Crippen LogP contribution < -0.4 is 5.56 Å². The maximum Gasteiger partial charge on any atom is 0.355 e. The standard InChI is InChI=1S/C20H17N3O3S/c24-18-10-13(21-20-23(18)16-7-3-4-8-17(16)27-20)11-26-19(25)15-9-12-5-1-2-6-14(12)22-15/h1-2,5-6,9-10,22H,3-4,7-8,11H2. The van der Waals surface area contributed by atoms with E-state index in [1.54, 1.807) is 21.8 Å². The minimum atomic E-state index is -0.460. The van der Waals surface area contributed by atoms with E-state index in [-0.39, 0.29) is 12.2 Å². The van der Waals surface area contributed by atoms with Gasteiger partial charge in [-0.3, -0.25) is 9.20 Å². The number of aromatic nitrogens is 3. The molecule has 4 aromatic rings. The second-order valence-corrected chi connectivity index (χ2v) is 7.79. The summed E-state index contributed by atoms with van der Waals surface area (Å²) in [4.78, 5) is 34.4. The van der Waals surface area contributed by atoms with E-state index in [1.165, 1.54) is 10.9 Å². The van der Waals surface area contributed by atoms with E-state index >= 15 is 0 Å².